The third-order valence-corrected chi connectivity index (χ3v) is 3.47. The van der Waals surface area contributed by atoms with E-state index in [0.29, 0.717) is 29.3 Å². The minimum atomic E-state index is 0.269. The molecule has 1 heterocycles. The Labute approximate surface area is 139 Å². The van der Waals surface area contributed by atoms with Crippen molar-refractivity contribution in [3.05, 3.63) is 71.5 Å². The van der Waals surface area contributed by atoms with Crippen molar-refractivity contribution in [3.8, 4) is 11.5 Å². The molecule has 122 valence electrons. The highest BCUT2D eigenvalue weighted by molar-refractivity contribution is 5.76. The molecule has 0 unspecified atom stereocenters. The number of hydrogen-bond donors (Lipinski definition) is 0. The summed E-state index contributed by atoms with van der Waals surface area (Å²) in [6.45, 7) is 0.927. The number of hydrogen-bond acceptors (Lipinski definition) is 5. The van der Waals surface area contributed by atoms with E-state index in [1.165, 1.54) is 7.11 Å². The van der Waals surface area contributed by atoms with Crippen LogP contribution in [0.4, 0.5) is 0 Å². The monoisotopic (exact) mass is 323 g/mol. The molecule has 3 aromatic rings. The second-order valence-electron chi connectivity index (χ2n) is 5.21. The summed E-state index contributed by atoms with van der Waals surface area (Å²) in [6, 6.07) is 15.1. The van der Waals surface area contributed by atoms with E-state index in [9.17, 15) is 4.79 Å². The number of carbonyl (C=O) groups excluding carboxylic acids is 1. The molecule has 0 aliphatic rings. The fourth-order valence-corrected chi connectivity index (χ4v) is 2.28. The number of nitrogens with zero attached hydrogens (tertiary/aromatic N) is 3. The first kappa shape index (κ1) is 15.7. The van der Waals surface area contributed by atoms with Crippen molar-refractivity contribution in [2.45, 2.75) is 13.2 Å². The molecular weight excluding hydrogens is 306 g/mol. The molecule has 0 saturated carbocycles. The number of aldehydes is 1. The van der Waals surface area contributed by atoms with Crippen molar-refractivity contribution < 1.29 is 14.3 Å². The van der Waals surface area contributed by atoms with Crippen LogP contribution in [0.5, 0.6) is 11.5 Å². The van der Waals surface area contributed by atoms with Crippen LogP contribution in [0.3, 0.4) is 0 Å². The van der Waals surface area contributed by atoms with E-state index in [1.54, 1.807) is 22.9 Å². The van der Waals surface area contributed by atoms with Crippen LogP contribution in [0, 0.1) is 0 Å². The molecule has 0 N–H and O–H groups in total. The Bertz CT molecular complexity index is 815. The molecule has 0 bridgehead atoms. The predicted molar refractivity (Wildman–Crippen MR) is 88.3 cm³/mol. The third-order valence-electron chi connectivity index (χ3n) is 3.47. The Kier molecular flexibility index (Phi) is 4.86. The number of methoxy groups -OCH3 is 1. The number of carbonyl (C=O) groups is 1. The van der Waals surface area contributed by atoms with E-state index in [4.69, 9.17) is 9.47 Å². The minimum Gasteiger partial charge on any atom is -0.493 e. The fraction of sp³-hybridized carbons (Fsp3) is 0.167. The van der Waals surface area contributed by atoms with Gasteiger partial charge in [0.05, 0.1) is 19.9 Å². The maximum atomic E-state index is 10.8. The second kappa shape index (κ2) is 7.41. The lowest BCUT2D eigenvalue weighted by Gasteiger charge is -2.09. The van der Waals surface area contributed by atoms with E-state index < -0.39 is 0 Å². The summed E-state index contributed by atoms with van der Waals surface area (Å²) >= 11 is 0. The van der Waals surface area contributed by atoms with Crippen molar-refractivity contribution in [1.29, 1.82) is 0 Å². The molecule has 6 heteroatoms. The first-order valence-corrected chi connectivity index (χ1v) is 7.47. The van der Waals surface area contributed by atoms with Gasteiger partial charge in [-0.15, -0.1) is 5.10 Å². The van der Waals surface area contributed by atoms with Crippen LogP contribution in [0.1, 0.15) is 21.6 Å². The van der Waals surface area contributed by atoms with E-state index in [0.717, 1.165) is 11.8 Å². The van der Waals surface area contributed by atoms with Crippen LogP contribution in [-0.4, -0.2) is 28.4 Å². The van der Waals surface area contributed by atoms with Gasteiger partial charge in [-0.1, -0.05) is 35.5 Å². The van der Waals surface area contributed by atoms with Gasteiger partial charge in [-0.2, -0.15) is 0 Å². The summed E-state index contributed by atoms with van der Waals surface area (Å²) < 4.78 is 12.7. The lowest BCUT2D eigenvalue weighted by atomic mass is 10.2. The number of benzene rings is 2. The lowest BCUT2D eigenvalue weighted by Crippen LogP contribution is -2.00. The van der Waals surface area contributed by atoms with Crippen molar-refractivity contribution >= 4 is 6.29 Å². The standard InChI is InChI=1S/C18H17N3O3/c1-23-18-9-15(12-22)7-8-17(18)24-13-16-11-21(20-19-16)10-14-5-3-2-4-6-14/h2-9,11-12H,10,13H2,1H3. The number of ether oxygens (including phenoxy) is 2. The van der Waals surface area contributed by atoms with Crippen LogP contribution < -0.4 is 9.47 Å². The summed E-state index contributed by atoms with van der Waals surface area (Å²) in [4.78, 5) is 10.8. The normalized spacial score (nSPS) is 10.4. The van der Waals surface area contributed by atoms with Gasteiger partial charge in [0.15, 0.2) is 11.5 Å². The SMILES string of the molecule is COc1cc(C=O)ccc1OCc1cn(Cc2ccccc2)nn1. The van der Waals surface area contributed by atoms with Crippen LogP contribution in [0.25, 0.3) is 0 Å². The maximum Gasteiger partial charge on any atom is 0.161 e. The molecule has 0 radical (unpaired) electrons. The predicted octanol–water partition coefficient (Wildman–Crippen LogP) is 2.73. The van der Waals surface area contributed by atoms with Crippen LogP contribution in [0.2, 0.25) is 0 Å². The summed E-state index contributed by atoms with van der Waals surface area (Å²) in [7, 11) is 1.53. The average molecular weight is 323 g/mol. The van der Waals surface area contributed by atoms with Gasteiger partial charge in [0.1, 0.15) is 18.6 Å². The molecule has 0 amide bonds. The Balaban J connectivity index is 1.64. The van der Waals surface area contributed by atoms with Crippen molar-refractivity contribution in [1.82, 2.24) is 15.0 Å². The van der Waals surface area contributed by atoms with Gasteiger partial charge in [0.25, 0.3) is 0 Å². The summed E-state index contributed by atoms with van der Waals surface area (Å²) in [6.07, 6.45) is 2.61. The zero-order valence-corrected chi connectivity index (χ0v) is 13.3. The van der Waals surface area contributed by atoms with Crippen molar-refractivity contribution in [2.75, 3.05) is 7.11 Å². The highest BCUT2D eigenvalue weighted by Gasteiger charge is 2.08. The summed E-state index contributed by atoms with van der Waals surface area (Å²) in [5.74, 6) is 1.07. The second-order valence-corrected chi connectivity index (χ2v) is 5.21. The number of aromatic nitrogens is 3. The molecule has 24 heavy (non-hydrogen) atoms. The van der Waals surface area contributed by atoms with E-state index in [1.807, 2.05) is 36.5 Å². The smallest absolute Gasteiger partial charge is 0.161 e. The zero-order valence-electron chi connectivity index (χ0n) is 13.3. The van der Waals surface area contributed by atoms with Gasteiger partial charge in [-0.25, -0.2) is 4.68 Å². The van der Waals surface area contributed by atoms with Crippen LogP contribution in [0.15, 0.2) is 54.7 Å². The highest BCUT2D eigenvalue weighted by atomic mass is 16.5. The topological polar surface area (TPSA) is 66.2 Å². The molecule has 1 aromatic heterocycles. The van der Waals surface area contributed by atoms with Gasteiger partial charge in [0.2, 0.25) is 0 Å². The molecule has 3 rings (SSSR count). The van der Waals surface area contributed by atoms with E-state index >= 15 is 0 Å². The quantitative estimate of drug-likeness (QED) is 0.626. The maximum absolute atomic E-state index is 10.8. The van der Waals surface area contributed by atoms with Crippen LogP contribution >= 0.6 is 0 Å². The molecule has 0 aliphatic heterocycles. The van der Waals surface area contributed by atoms with E-state index in [-0.39, 0.29) is 6.61 Å². The third kappa shape index (κ3) is 3.78. The molecule has 0 aliphatic carbocycles. The Morgan fingerprint density at radius 2 is 1.96 bits per heavy atom. The fourth-order valence-electron chi connectivity index (χ4n) is 2.28. The molecular formula is C18H17N3O3. The molecule has 0 saturated heterocycles. The Morgan fingerprint density at radius 1 is 1.12 bits per heavy atom. The summed E-state index contributed by atoms with van der Waals surface area (Å²) in [5.41, 5.74) is 2.40. The molecule has 0 spiro atoms. The van der Waals surface area contributed by atoms with E-state index in [2.05, 4.69) is 10.3 Å². The molecule has 2 aromatic carbocycles. The first-order valence-electron chi connectivity index (χ1n) is 7.47. The minimum absolute atomic E-state index is 0.269. The van der Waals surface area contributed by atoms with Crippen LogP contribution in [-0.2, 0) is 13.2 Å². The molecule has 0 atom stereocenters. The van der Waals surface area contributed by atoms with Gasteiger partial charge < -0.3 is 9.47 Å². The van der Waals surface area contributed by atoms with Gasteiger partial charge in [0, 0.05) is 5.56 Å². The highest BCUT2D eigenvalue weighted by Crippen LogP contribution is 2.28. The van der Waals surface area contributed by atoms with Gasteiger partial charge >= 0.3 is 0 Å². The van der Waals surface area contributed by atoms with Gasteiger partial charge in [-0.05, 0) is 23.8 Å². The first-order chi connectivity index (χ1) is 11.8. The average Bonchev–Trinajstić information content (AvgIpc) is 3.08. The Morgan fingerprint density at radius 3 is 2.71 bits per heavy atom. The van der Waals surface area contributed by atoms with Gasteiger partial charge in [-0.3, -0.25) is 4.79 Å². The molecule has 0 fully saturated rings. The number of rotatable bonds is 7. The Hall–Kier alpha value is -3.15. The van der Waals surface area contributed by atoms with Crippen molar-refractivity contribution in [3.63, 3.8) is 0 Å². The van der Waals surface area contributed by atoms with Crippen molar-refractivity contribution in [2.24, 2.45) is 0 Å². The largest absolute Gasteiger partial charge is 0.493 e. The lowest BCUT2D eigenvalue weighted by molar-refractivity contribution is 0.112. The molecule has 6 nitrogen and oxygen atoms in total. The summed E-state index contributed by atoms with van der Waals surface area (Å²) in [5, 5.41) is 8.21. The zero-order chi connectivity index (χ0) is 16.8.